The monoisotopic (exact) mass is 614 g/mol. The van der Waals surface area contributed by atoms with Crippen LogP contribution < -0.4 is 15.8 Å². The third-order valence-electron chi connectivity index (χ3n) is 10.9. The van der Waals surface area contributed by atoms with Crippen molar-refractivity contribution in [3.8, 4) is 28.4 Å². The molecule has 4 heterocycles. The molecule has 2 saturated carbocycles. The summed E-state index contributed by atoms with van der Waals surface area (Å²) in [6, 6.07) is 19.1. The topological polar surface area (TPSA) is 107 Å². The highest BCUT2D eigenvalue weighted by molar-refractivity contribution is 6.02. The van der Waals surface area contributed by atoms with E-state index in [0.29, 0.717) is 29.6 Å². The number of anilines is 1. The molecule has 2 amide bonds. The van der Waals surface area contributed by atoms with E-state index in [-0.39, 0.29) is 23.9 Å². The molecule has 2 aliphatic carbocycles. The molecular formula is C37H38N6O3. The fourth-order valence-electron chi connectivity index (χ4n) is 8.31. The molecule has 2 bridgehead atoms. The van der Waals surface area contributed by atoms with Gasteiger partial charge in [-0.2, -0.15) is 0 Å². The first kappa shape index (κ1) is 27.7. The number of ether oxygens (including phenoxy) is 1. The van der Waals surface area contributed by atoms with Gasteiger partial charge in [-0.15, -0.1) is 0 Å². The average Bonchev–Trinajstić information content (AvgIpc) is 3.46. The number of likely N-dealkylation sites (tertiary alicyclic amines) is 1. The Hall–Kier alpha value is -4.63. The normalized spacial score (nSPS) is 22.1. The number of rotatable bonds is 6. The summed E-state index contributed by atoms with van der Waals surface area (Å²) in [4.78, 5) is 32.9. The van der Waals surface area contributed by atoms with E-state index >= 15 is 0 Å². The van der Waals surface area contributed by atoms with Crippen LogP contribution in [0.1, 0.15) is 48.0 Å². The minimum absolute atomic E-state index is 0.00663. The lowest BCUT2D eigenvalue weighted by molar-refractivity contribution is -0.116. The summed E-state index contributed by atoms with van der Waals surface area (Å²) in [7, 11) is 3.69. The smallest absolute Gasteiger partial charge is 0.254 e. The van der Waals surface area contributed by atoms with Gasteiger partial charge in [0, 0.05) is 60.8 Å². The number of methoxy groups -OCH3 is 1. The Kier molecular flexibility index (Phi) is 6.13. The van der Waals surface area contributed by atoms with Crippen LogP contribution in [0.4, 0.5) is 5.69 Å². The number of nitrogens with two attached hydrogens (primary N) is 1. The first-order valence-electron chi connectivity index (χ1n) is 16.5. The Morgan fingerprint density at radius 2 is 1.91 bits per heavy atom. The summed E-state index contributed by atoms with van der Waals surface area (Å²) in [6.07, 6.45) is 5.78. The van der Waals surface area contributed by atoms with Gasteiger partial charge in [0.05, 0.1) is 23.8 Å². The first-order valence-corrected chi connectivity index (χ1v) is 16.5. The number of para-hydroxylation sites is 1. The van der Waals surface area contributed by atoms with Crippen LogP contribution in [0.25, 0.3) is 44.6 Å². The SMILES string of the molecule is COc1cc(C(=O)N2C[C@H]3CC[C@@H]2[C@@H]3N)cc2nc(-c3cc4cccc(-c5ccc6c(c5)CCC(=O)N6)c4n3CC3CC3)n(C)c12. The number of hydrogen-bond donors (Lipinski definition) is 2. The van der Waals surface area contributed by atoms with Crippen LogP contribution in [0.15, 0.2) is 54.6 Å². The van der Waals surface area contributed by atoms with E-state index in [0.717, 1.165) is 71.5 Å². The Morgan fingerprint density at radius 1 is 1.04 bits per heavy atom. The van der Waals surface area contributed by atoms with Crippen LogP contribution in [-0.2, 0) is 24.8 Å². The lowest BCUT2D eigenvalue weighted by atomic mass is 9.96. The van der Waals surface area contributed by atoms with E-state index < -0.39 is 0 Å². The minimum atomic E-state index is 0.00663. The van der Waals surface area contributed by atoms with Gasteiger partial charge in [0.25, 0.3) is 5.91 Å². The van der Waals surface area contributed by atoms with E-state index in [1.54, 1.807) is 7.11 Å². The van der Waals surface area contributed by atoms with Crippen molar-refractivity contribution < 1.29 is 14.3 Å². The highest BCUT2D eigenvalue weighted by Crippen LogP contribution is 2.42. The number of hydrogen-bond acceptors (Lipinski definition) is 5. The molecule has 3 N–H and O–H groups in total. The molecule has 234 valence electrons. The molecule has 3 aromatic carbocycles. The van der Waals surface area contributed by atoms with E-state index in [1.165, 1.54) is 29.5 Å². The maximum Gasteiger partial charge on any atom is 0.254 e. The lowest BCUT2D eigenvalue weighted by Crippen LogP contribution is -2.41. The fraction of sp³-hybridized carbons (Fsp3) is 0.378. The Labute approximate surface area is 267 Å². The number of aryl methyl sites for hydroxylation is 2. The second-order valence-electron chi connectivity index (χ2n) is 13.7. The molecule has 0 spiro atoms. The van der Waals surface area contributed by atoms with Gasteiger partial charge in [-0.25, -0.2) is 4.98 Å². The fourth-order valence-corrected chi connectivity index (χ4v) is 8.31. The van der Waals surface area contributed by atoms with Crippen molar-refractivity contribution in [3.63, 3.8) is 0 Å². The van der Waals surface area contributed by atoms with Crippen LogP contribution in [0.2, 0.25) is 0 Å². The Bertz CT molecular complexity index is 2090. The Balaban J connectivity index is 1.17. The lowest BCUT2D eigenvalue weighted by Gasteiger charge is -2.27. The number of piperidine rings is 1. The molecule has 3 atom stereocenters. The molecule has 2 aliphatic heterocycles. The second-order valence-corrected chi connectivity index (χ2v) is 13.7. The number of fused-ring (bicyclic) bond motifs is 5. The highest BCUT2D eigenvalue weighted by atomic mass is 16.5. The highest BCUT2D eigenvalue weighted by Gasteiger charge is 2.47. The van der Waals surface area contributed by atoms with Gasteiger partial charge in [0.15, 0.2) is 5.82 Å². The van der Waals surface area contributed by atoms with E-state index in [9.17, 15) is 9.59 Å². The number of nitrogens with zero attached hydrogens (tertiary/aromatic N) is 4. The van der Waals surface area contributed by atoms with Gasteiger partial charge < -0.3 is 29.8 Å². The maximum absolute atomic E-state index is 13.8. The molecule has 5 aromatic rings. The number of imidazole rings is 1. The predicted molar refractivity (Wildman–Crippen MR) is 179 cm³/mol. The van der Waals surface area contributed by atoms with Crippen molar-refractivity contribution in [2.45, 2.75) is 57.2 Å². The van der Waals surface area contributed by atoms with Crippen LogP contribution >= 0.6 is 0 Å². The summed E-state index contributed by atoms with van der Waals surface area (Å²) in [5.74, 6) is 2.59. The van der Waals surface area contributed by atoms with Crippen molar-refractivity contribution >= 4 is 39.4 Å². The van der Waals surface area contributed by atoms with Gasteiger partial charge in [-0.3, -0.25) is 9.59 Å². The van der Waals surface area contributed by atoms with Crippen molar-refractivity contribution in [2.75, 3.05) is 19.0 Å². The summed E-state index contributed by atoms with van der Waals surface area (Å²) in [5, 5.41) is 4.18. The molecule has 4 aliphatic rings. The molecule has 0 radical (unpaired) electrons. The third kappa shape index (κ3) is 4.21. The molecule has 9 rings (SSSR count). The van der Waals surface area contributed by atoms with Crippen molar-refractivity contribution in [3.05, 3.63) is 65.7 Å². The predicted octanol–water partition coefficient (Wildman–Crippen LogP) is 5.73. The van der Waals surface area contributed by atoms with Gasteiger partial charge in [-0.1, -0.05) is 24.3 Å². The molecule has 9 heteroatoms. The molecule has 1 saturated heterocycles. The summed E-state index contributed by atoms with van der Waals surface area (Å²) in [5.41, 5.74) is 15.3. The van der Waals surface area contributed by atoms with Gasteiger partial charge in [-0.05, 0) is 85.4 Å². The van der Waals surface area contributed by atoms with Gasteiger partial charge in [0.2, 0.25) is 5.91 Å². The van der Waals surface area contributed by atoms with E-state index in [4.69, 9.17) is 15.5 Å². The zero-order valence-electron chi connectivity index (χ0n) is 26.3. The van der Waals surface area contributed by atoms with E-state index in [1.807, 2.05) is 30.1 Å². The van der Waals surface area contributed by atoms with E-state index in [2.05, 4.69) is 50.8 Å². The second kappa shape index (κ2) is 10.2. The molecular weight excluding hydrogens is 576 g/mol. The van der Waals surface area contributed by atoms with Gasteiger partial charge in [0.1, 0.15) is 11.3 Å². The summed E-state index contributed by atoms with van der Waals surface area (Å²) >= 11 is 0. The standard InChI is InChI=1S/C37H38N6O3/c1-41-35-28(15-25(17-31(35)46-2)37(45)43-19-24-9-12-29(43)33(24)38)40-36(41)30-16-23-4-3-5-26(34(23)42(30)18-20-6-7-20)21-8-11-27-22(14-21)10-13-32(44)39-27/h3-5,8,11,14-17,20,24,29,33H,6-7,9-10,12-13,18-19,38H2,1-2H3,(H,39,44)/t24-,29-,33-/m1/s1. The van der Waals surface area contributed by atoms with Crippen molar-refractivity contribution in [2.24, 2.45) is 24.6 Å². The van der Waals surface area contributed by atoms with Crippen LogP contribution in [0.5, 0.6) is 5.75 Å². The Morgan fingerprint density at radius 3 is 2.67 bits per heavy atom. The minimum Gasteiger partial charge on any atom is -0.494 e. The number of carbonyl (C=O) groups excluding carboxylic acids is 2. The summed E-state index contributed by atoms with van der Waals surface area (Å²) < 4.78 is 10.5. The van der Waals surface area contributed by atoms with Crippen LogP contribution in [0.3, 0.4) is 0 Å². The zero-order valence-corrected chi connectivity index (χ0v) is 26.3. The largest absolute Gasteiger partial charge is 0.494 e. The molecule has 9 nitrogen and oxygen atoms in total. The van der Waals surface area contributed by atoms with Crippen molar-refractivity contribution in [1.82, 2.24) is 19.0 Å². The molecule has 0 unspecified atom stereocenters. The van der Waals surface area contributed by atoms with Crippen LogP contribution in [0, 0.1) is 11.8 Å². The third-order valence-corrected chi connectivity index (χ3v) is 10.9. The first-order chi connectivity index (χ1) is 22.4. The molecule has 46 heavy (non-hydrogen) atoms. The van der Waals surface area contributed by atoms with Crippen molar-refractivity contribution in [1.29, 1.82) is 0 Å². The number of nitrogens with one attached hydrogen (secondary N) is 1. The van der Waals surface area contributed by atoms with Gasteiger partial charge >= 0.3 is 0 Å². The molecule has 2 aromatic heterocycles. The quantitative estimate of drug-likeness (QED) is 0.254. The molecule has 3 fully saturated rings. The zero-order chi connectivity index (χ0) is 31.3. The number of amides is 2. The number of benzene rings is 3. The number of carbonyl (C=O) groups is 2. The van der Waals surface area contributed by atoms with Crippen LogP contribution in [-0.4, -0.2) is 56.6 Å². The maximum atomic E-state index is 13.8. The average molecular weight is 615 g/mol. The number of aromatic nitrogens is 3. The summed E-state index contributed by atoms with van der Waals surface area (Å²) in [6.45, 7) is 1.64.